The molecule has 0 unspecified atom stereocenters. The molecule has 0 spiro atoms. The smallest absolute Gasteiger partial charge is 0.0739 e. The molecule has 0 aliphatic heterocycles. The minimum atomic E-state index is 1.06. The van der Waals surface area contributed by atoms with Crippen molar-refractivity contribution in [2.24, 2.45) is 0 Å². The molecule has 1 aromatic heterocycles. The number of hydrogen-bond acceptors (Lipinski definition) is 1. The van der Waals surface area contributed by atoms with Crippen LogP contribution in [0.25, 0.3) is 17.0 Å². The molecule has 1 aromatic carbocycles. The second-order valence-electron chi connectivity index (χ2n) is 4.49. The molecule has 17 heavy (non-hydrogen) atoms. The fourth-order valence-electron chi connectivity index (χ4n) is 1.98. The van der Waals surface area contributed by atoms with Crippen LogP contribution >= 0.6 is 0 Å². The molecule has 0 aliphatic carbocycles. The van der Waals surface area contributed by atoms with Crippen molar-refractivity contribution in [1.82, 2.24) is 4.98 Å². The third-order valence-corrected chi connectivity index (χ3v) is 2.94. The Bertz CT molecular complexity index is 606. The van der Waals surface area contributed by atoms with Gasteiger partial charge in [0.2, 0.25) is 0 Å². The SMILES string of the molecule is C=C(C)/C=C\c1cc(C)c2cccnc2c1C. The predicted molar refractivity (Wildman–Crippen MR) is 75.1 cm³/mol. The van der Waals surface area contributed by atoms with Gasteiger partial charge in [-0.2, -0.15) is 0 Å². The summed E-state index contributed by atoms with van der Waals surface area (Å²) in [5, 5.41) is 1.23. The molecule has 1 heterocycles. The van der Waals surface area contributed by atoms with Crippen molar-refractivity contribution in [3.63, 3.8) is 0 Å². The number of nitrogens with zero attached hydrogens (tertiary/aromatic N) is 1. The van der Waals surface area contributed by atoms with Gasteiger partial charge in [0.25, 0.3) is 0 Å². The Morgan fingerprint density at radius 3 is 2.82 bits per heavy atom. The Balaban J connectivity index is 2.67. The van der Waals surface area contributed by atoms with Crippen LogP contribution in [-0.4, -0.2) is 4.98 Å². The Kier molecular flexibility index (Phi) is 3.10. The number of aryl methyl sites for hydroxylation is 2. The van der Waals surface area contributed by atoms with Crippen LogP contribution in [0.5, 0.6) is 0 Å². The van der Waals surface area contributed by atoms with E-state index in [0.717, 1.165) is 11.1 Å². The molecular formula is C16H17N. The van der Waals surface area contributed by atoms with E-state index >= 15 is 0 Å². The lowest BCUT2D eigenvalue weighted by atomic mass is 9.99. The van der Waals surface area contributed by atoms with Crippen LogP contribution in [0.2, 0.25) is 0 Å². The average Bonchev–Trinajstić information content (AvgIpc) is 2.32. The Hall–Kier alpha value is -1.89. The summed E-state index contributed by atoms with van der Waals surface area (Å²) in [6, 6.07) is 6.31. The van der Waals surface area contributed by atoms with Crippen molar-refractivity contribution in [2.75, 3.05) is 0 Å². The van der Waals surface area contributed by atoms with Crippen LogP contribution in [0.15, 0.2) is 42.6 Å². The Labute approximate surface area is 103 Å². The van der Waals surface area contributed by atoms with Gasteiger partial charge in [-0.05, 0) is 43.5 Å². The van der Waals surface area contributed by atoms with E-state index in [4.69, 9.17) is 0 Å². The highest BCUT2D eigenvalue weighted by Gasteiger charge is 2.05. The molecular weight excluding hydrogens is 206 g/mol. The molecule has 1 nitrogen and oxygen atoms in total. The summed E-state index contributed by atoms with van der Waals surface area (Å²) in [6.07, 6.45) is 6.00. The van der Waals surface area contributed by atoms with E-state index in [1.807, 2.05) is 25.3 Å². The van der Waals surface area contributed by atoms with Crippen LogP contribution < -0.4 is 0 Å². The van der Waals surface area contributed by atoms with Gasteiger partial charge in [0.15, 0.2) is 0 Å². The molecule has 86 valence electrons. The topological polar surface area (TPSA) is 12.9 Å². The summed E-state index contributed by atoms with van der Waals surface area (Å²) in [5.41, 5.74) is 5.86. The molecule has 2 rings (SSSR count). The molecule has 0 bridgehead atoms. The Morgan fingerprint density at radius 1 is 1.35 bits per heavy atom. The number of benzene rings is 1. The zero-order valence-corrected chi connectivity index (χ0v) is 10.6. The van der Waals surface area contributed by atoms with Crippen molar-refractivity contribution in [3.8, 4) is 0 Å². The van der Waals surface area contributed by atoms with Crippen molar-refractivity contribution in [2.45, 2.75) is 20.8 Å². The maximum Gasteiger partial charge on any atom is 0.0739 e. The molecule has 1 heteroatoms. The van der Waals surface area contributed by atoms with E-state index < -0.39 is 0 Å². The third-order valence-electron chi connectivity index (χ3n) is 2.94. The standard InChI is InChI=1S/C16H17N/c1-11(2)7-8-14-10-12(3)15-6-5-9-17-16(15)13(14)4/h5-10H,1H2,2-4H3/b8-7-. The lowest BCUT2D eigenvalue weighted by Crippen LogP contribution is -1.90. The second kappa shape index (κ2) is 4.54. The van der Waals surface area contributed by atoms with E-state index in [-0.39, 0.29) is 0 Å². The summed E-state index contributed by atoms with van der Waals surface area (Å²) in [7, 11) is 0. The number of aromatic nitrogens is 1. The largest absolute Gasteiger partial charge is 0.256 e. The normalized spacial score (nSPS) is 11.2. The van der Waals surface area contributed by atoms with E-state index in [1.165, 1.54) is 22.1 Å². The molecule has 0 saturated heterocycles. The van der Waals surface area contributed by atoms with Crippen molar-refractivity contribution in [3.05, 3.63) is 59.3 Å². The summed E-state index contributed by atoms with van der Waals surface area (Å²) in [5.74, 6) is 0. The first kappa shape index (κ1) is 11.6. The second-order valence-corrected chi connectivity index (χ2v) is 4.49. The molecule has 0 amide bonds. The number of hydrogen-bond donors (Lipinski definition) is 0. The van der Waals surface area contributed by atoms with Gasteiger partial charge in [0.05, 0.1) is 5.52 Å². The van der Waals surface area contributed by atoms with Gasteiger partial charge in [-0.25, -0.2) is 0 Å². The van der Waals surface area contributed by atoms with Crippen LogP contribution in [0.1, 0.15) is 23.6 Å². The molecule has 0 N–H and O–H groups in total. The molecule has 2 aromatic rings. The fourth-order valence-corrected chi connectivity index (χ4v) is 1.98. The third kappa shape index (κ3) is 2.28. The average molecular weight is 223 g/mol. The first-order valence-electron chi connectivity index (χ1n) is 5.78. The van der Waals surface area contributed by atoms with Crippen molar-refractivity contribution < 1.29 is 0 Å². The zero-order valence-electron chi connectivity index (χ0n) is 10.6. The van der Waals surface area contributed by atoms with Gasteiger partial charge in [-0.1, -0.05) is 36.4 Å². The summed E-state index contributed by atoms with van der Waals surface area (Å²) in [4.78, 5) is 4.47. The predicted octanol–water partition coefficient (Wildman–Crippen LogP) is 4.44. The summed E-state index contributed by atoms with van der Waals surface area (Å²) in [6.45, 7) is 10.1. The van der Waals surface area contributed by atoms with Gasteiger partial charge < -0.3 is 0 Å². The van der Waals surface area contributed by atoms with Gasteiger partial charge in [-0.15, -0.1) is 0 Å². The first-order valence-corrected chi connectivity index (χ1v) is 5.78. The summed E-state index contributed by atoms with van der Waals surface area (Å²) >= 11 is 0. The highest BCUT2D eigenvalue weighted by molar-refractivity contribution is 5.88. The van der Waals surface area contributed by atoms with Crippen molar-refractivity contribution in [1.29, 1.82) is 0 Å². The minimum absolute atomic E-state index is 1.06. The highest BCUT2D eigenvalue weighted by Crippen LogP contribution is 2.24. The van der Waals surface area contributed by atoms with Gasteiger partial charge in [-0.3, -0.25) is 4.98 Å². The molecule has 0 aliphatic rings. The van der Waals surface area contributed by atoms with Crippen LogP contribution in [0.4, 0.5) is 0 Å². The van der Waals surface area contributed by atoms with Crippen LogP contribution in [0, 0.1) is 13.8 Å². The molecule has 0 radical (unpaired) electrons. The van der Waals surface area contributed by atoms with E-state index in [1.54, 1.807) is 0 Å². The van der Waals surface area contributed by atoms with Gasteiger partial charge >= 0.3 is 0 Å². The van der Waals surface area contributed by atoms with Crippen LogP contribution in [0.3, 0.4) is 0 Å². The van der Waals surface area contributed by atoms with Crippen molar-refractivity contribution >= 4 is 17.0 Å². The van der Waals surface area contributed by atoms with Gasteiger partial charge in [0, 0.05) is 11.6 Å². The van der Waals surface area contributed by atoms with E-state index in [9.17, 15) is 0 Å². The van der Waals surface area contributed by atoms with E-state index in [2.05, 4.69) is 43.6 Å². The first-order chi connectivity index (χ1) is 8.09. The lowest BCUT2D eigenvalue weighted by Gasteiger charge is -2.08. The zero-order chi connectivity index (χ0) is 12.4. The number of rotatable bonds is 2. The number of allylic oxidation sites excluding steroid dienone is 2. The monoisotopic (exact) mass is 223 g/mol. The number of fused-ring (bicyclic) bond motifs is 1. The van der Waals surface area contributed by atoms with Crippen LogP contribution in [-0.2, 0) is 0 Å². The maximum atomic E-state index is 4.47. The highest BCUT2D eigenvalue weighted by atomic mass is 14.6. The Morgan fingerprint density at radius 2 is 2.12 bits per heavy atom. The van der Waals surface area contributed by atoms with Gasteiger partial charge in [0.1, 0.15) is 0 Å². The minimum Gasteiger partial charge on any atom is -0.256 e. The lowest BCUT2D eigenvalue weighted by molar-refractivity contribution is 1.33. The molecule has 0 fully saturated rings. The maximum absolute atomic E-state index is 4.47. The quantitative estimate of drug-likeness (QED) is 0.686. The molecule has 0 saturated carbocycles. The fraction of sp³-hybridized carbons (Fsp3) is 0.188. The summed E-state index contributed by atoms with van der Waals surface area (Å²) < 4.78 is 0. The molecule has 0 atom stereocenters. The number of pyridine rings is 1. The van der Waals surface area contributed by atoms with E-state index in [0.29, 0.717) is 0 Å².